The molecule has 2 rings (SSSR count). The lowest BCUT2D eigenvalue weighted by atomic mass is 10.1. The van der Waals surface area contributed by atoms with Crippen molar-refractivity contribution in [2.45, 2.75) is 26.2 Å². The van der Waals surface area contributed by atoms with Gasteiger partial charge in [-0.1, -0.05) is 13.3 Å². The Bertz CT molecular complexity index is 446. The second kappa shape index (κ2) is 7.33. The summed E-state index contributed by atoms with van der Waals surface area (Å²) in [6.07, 6.45) is 5.18. The summed E-state index contributed by atoms with van der Waals surface area (Å²) in [5, 5.41) is 2.86. The Labute approximate surface area is 119 Å². The van der Waals surface area contributed by atoms with Gasteiger partial charge < -0.3 is 10.2 Å². The minimum absolute atomic E-state index is 0.239. The smallest absolute Gasteiger partial charge is 0.251 e. The molecule has 1 fully saturated rings. The highest BCUT2D eigenvalue weighted by Crippen LogP contribution is 2.10. The van der Waals surface area contributed by atoms with Crippen LogP contribution in [0.1, 0.15) is 36.5 Å². The van der Waals surface area contributed by atoms with Crippen molar-refractivity contribution in [3.8, 4) is 0 Å². The van der Waals surface area contributed by atoms with E-state index in [9.17, 15) is 9.18 Å². The van der Waals surface area contributed by atoms with E-state index in [0.717, 1.165) is 25.7 Å². The molecule has 110 valence electrons. The summed E-state index contributed by atoms with van der Waals surface area (Å²) in [5.41, 5.74) is 0.322. The number of pyridine rings is 1. The third kappa shape index (κ3) is 4.56. The Hall–Kier alpha value is -1.49. The Morgan fingerprint density at radius 2 is 2.20 bits per heavy atom. The van der Waals surface area contributed by atoms with Gasteiger partial charge in [0.05, 0.1) is 0 Å². The van der Waals surface area contributed by atoms with Gasteiger partial charge in [0, 0.05) is 30.9 Å². The third-order valence-corrected chi connectivity index (χ3v) is 3.62. The fourth-order valence-corrected chi connectivity index (χ4v) is 2.56. The number of likely N-dealkylation sites (tertiary alicyclic amines) is 1. The van der Waals surface area contributed by atoms with Crippen LogP contribution in [0.2, 0.25) is 0 Å². The molecular formula is C15H22FN3O. The summed E-state index contributed by atoms with van der Waals surface area (Å²) in [5.74, 6) is -0.473. The molecule has 4 nitrogen and oxygen atoms in total. The third-order valence-electron chi connectivity index (χ3n) is 3.62. The fraction of sp³-hybridized carbons (Fsp3) is 0.600. The summed E-state index contributed by atoms with van der Waals surface area (Å²) >= 11 is 0. The monoisotopic (exact) mass is 279 g/mol. The van der Waals surface area contributed by atoms with Gasteiger partial charge in [0.15, 0.2) is 0 Å². The lowest BCUT2D eigenvalue weighted by Gasteiger charge is -2.29. The molecule has 1 atom stereocenters. The number of hydrogen-bond donors (Lipinski definition) is 1. The number of halogens is 1. The van der Waals surface area contributed by atoms with Crippen LogP contribution in [-0.4, -0.2) is 42.0 Å². The van der Waals surface area contributed by atoms with Crippen molar-refractivity contribution >= 4 is 5.91 Å². The first-order valence-electron chi connectivity index (χ1n) is 7.27. The van der Waals surface area contributed by atoms with Crippen LogP contribution < -0.4 is 5.32 Å². The molecule has 1 amide bonds. The van der Waals surface area contributed by atoms with Crippen LogP contribution >= 0.6 is 0 Å². The second-order valence-electron chi connectivity index (χ2n) is 5.54. The minimum atomic E-state index is -0.626. The van der Waals surface area contributed by atoms with Crippen LogP contribution in [0.3, 0.4) is 0 Å². The molecule has 5 heteroatoms. The summed E-state index contributed by atoms with van der Waals surface area (Å²) in [6.45, 7) is 6.06. The zero-order valence-electron chi connectivity index (χ0n) is 11.9. The molecule has 0 bridgehead atoms. The molecule has 0 spiro atoms. The Morgan fingerprint density at radius 3 is 2.90 bits per heavy atom. The average Bonchev–Trinajstić information content (AvgIpc) is 2.46. The molecule has 1 N–H and O–H groups in total. The van der Waals surface area contributed by atoms with Crippen molar-refractivity contribution in [2.75, 3.05) is 26.2 Å². The van der Waals surface area contributed by atoms with Gasteiger partial charge in [0.1, 0.15) is 0 Å². The molecule has 1 saturated heterocycles. The van der Waals surface area contributed by atoms with Gasteiger partial charge in [-0.15, -0.1) is 0 Å². The van der Waals surface area contributed by atoms with Crippen LogP contribution in [-0.2, 0) is 0 Å². The highest BCUT2D eigenvalue weighted by molar-refractivity contribution is 5.93. The van der Waals surface area contributed by atoms with E-state index in [1.54, 1.807) is 0 Å². The van der Waals surface area contributed by atoms with Gasteiger partial charge in [0.25, 0.3) is 5.91 Å². The van der Waals surface area contributed by atoms with E-state index in [1.807, 2.05) is 0 Å². The molecule has 1 aromatic rings. The van der Waals surface area contributed by atoms with Crippen molar-refractivity contribution in [1.29, 1.82) is 0 Å². The second-order valence-corrected chi connectivity index (χ2v) is 5.54. The van der Waals surface area contributed by atoms with Gasteiger partial charge in [-0.05, 0) is 37.9 Å². The number of carbonyl (C=O) groups is 1. The molecule has 0 aliphatic carbocycles. The van der Waals surface area contributed by atoms with E-state index in [1.165, 1.54) is 31.5 Å². The largest absolute Gasteiger partial charge is 0.352 e. The van der Waals surface area contributed by atoms with Crippen LogP contribution in [0.5, 0.6) is 0 Å². The quantitative estimate of drug-likeness (QED) is 0.839. The van der Waals surface area contributed by atoms with E-state index in [0.29, 0.717) is 18.0 Å². The van der Waals surface area contributed by atoms with E-state index in [2.05, 4.69) is 22.1 Å². The van der Waals surface area contributed by atoms with Gasteiger partial charge in [-0.25, -0.2) is 4.98 Å². The molecule has 20 heavy (non-hydrogen) atoms. The first-order valence-corrected chi connectivity index (χ1v) is 7.27. The molecule has 2 heterocycles. The first-order chi connectivity index (χ1) is 9.65. The molecule has 0 aromatic carbocycles. The summed E-state index contributed by atoms with van der Waals surface area (Å²) < 4.78 is 12.9. The first kappa shape index (κ1) is 14.9. The zero-order chi connectivity index (χ0) is 14.4. The maximum absolute atomic E-state index is 12.9. The number of amides is 1. The van der Waals surface area contributed by atoms with E-state index in [-0.39, 0.29) is 5.91 Å². The van der Waals surface area contributed by atoms with E-state index < -0.39 is 5.95 Å². The number of rotatable bonds is 5. The van der Waals surface area contributed by atoms with Gasteiger partial charge in [-0.3, -0.25) is 4.79 Å². The average molecular weight is 279 g/mol. The van der Waals surface area contributed by atoms with Gasteiger partial charge in [-0.2, -0.15) is 4.39 Å². The van der Waals surface area contributed by atoms with Gasteiger partial charge >= 0.3 is 0 Å². The minimum Gasteiger partial charge on any atom is -0.352 e. The number of aromatic nitrogens is 1. The SMILES string of the molecule is CC(CNC(=O)c1ccnc(F)c1)CN1CCCCC1. The lowest BCUT2D eigenvalue weighted by Crippen LogP contribution is -2.38. The fourth-order valence-electron chi connectivity index (χ4n) is 2.56. The standard InChI is InChI=1S/C15H22FN3O/c1-12(11-19-7-3-2-4-8-19)10-18-15(20)13-5-6-17-14(16)9-13/h5-6,9,12H,2-4,7-8,10-11H2,1H3,(H,18,20). The molecule has 1 unspecified atom stereocenters. The van der Waals surface area contributed by atoms with Crippen LogP contribution in [0.15, 0.2) is 18.3 Å². The maximum atomic E-state index is 12.9. The maximum Gasteiger partial charge on any atom is 0.251 e. The molecule has 0 saturated carbocycles. The van der Waals surface area contributed by atoms with Crippen molar-refractivity contribution < 1.29 is 9.18 Å². The summed E-state index contributed by atoms with van der Waals surface area (Å²) in [7, 11) is 0. The predicted molar refractivity (Wildman–Crippen MR) is 76.0 cm³/mol. The van der Waals surface area contributed by atoms with Crippen LogP contribution in [0, 0.1) is 11.9 Å². The Morgan fingerprint density at radius 1 is 1.45 bits per heavy atom. The molecule has 1 aliphatic rings. The molecular weight excluding hydrogens is 257 g/mol. The summed E-state index contributed by atoms with van der Waals surface area (Å²) in [6, 6.07) is 2.68. The van der Waals surface area contributed by atoms with Crippen molar-refractivity contribution in [3.05, 3.63) is 29.8 Å². The normalized spacial score (nSPS) is 17.7. The van der Waals surface area contributed by atoms with Crippen LogP contribution in [0.25, 0.3) is 0 Å². The number of hydrogen-bond acceptors (Lipinski definition) is 3. The lowest BCUT2D eigenvalue weighted by molar-refractivity contribution is 0.0942. The van der Waals surface area contributed by atoms with Gasteiger partial charge in [0.2, 0.25) is 5.95 Å². The highest BCUT2D eigenvalue weighted by Gasteiger charge is 2.14. The molecule has 1 aromatic heterocycles. The van der Waals surface area contributed by atoms with E-state index >= 15 is 0 Å². The summed E-state index contributed by atoms with van der Waals surface area (Å²) in [4.78, 5) is 17.8. The number of nitrogens with one attached hydrogen (secondary N) is 1. The topological polar surface area (TPSA) is 45.2 Å². The number of nitrogens with zero attached hydrogens (tertiary/aromatic N) is 2. The highest BCUT2D eigenvalue weighted by atomic mass is 19.1. The molecule has 0 radical (unpaired) electrons. The number of piperidine rings is 1. The predicted octanol–water partition coefficient (Wildman–Crippen LogP) is 2.07. The van der Waals surface area contributed by atoms with Crippen molar-refractivity contribution in [3.63, 3.8) is 0 Å². The van der Waals surface area contributed by atoms with Crippen LogP contribution in [0.4, 0.5) is 4.39 Å². The van der Waals surface area contributed by atoms with Crippen molar-refractivity contribution in [1.82, 2.24) is 15.2 Å². The zero-order valence-corrected chi connectivity index (χ0v) is 11.9. The van der Waals surface area contributed by atoms with E-state index in [4.69, 9.17) is 0 Å². The Balaban J connectivity index is 1.75. The number of carbonyl (C=O) groups excluding carboxylic acids is 1. The molecule has 1 aliphatic heterocycles. The van der Waals surface area contributed by atoms with Crippen molar-refractivity contribution in [2.24, 2.45) is 5.92 Å². The Kier molecular flexibility index (Phi) is 5.47.